The van der Waals surface area contributed by atoms with Crippen LogP contribution in [0.4, 0.5) is 11.4 Å². The number of hydrogen-bond acceptors (Lipinski definition) is 7. The van der Waals surface area contributed by atoms with Gasteiger partial charge < -0.3 is 14.4 Å². The van der Waals surface area contributed by atoms with Gasteiger partial charge in [0.2, 0.25) is 0 Å². The quantitative estimate of drug-likeness (QED) is 0.360. The molecule has 1 aliphatic heterocycles. The summed E-state index contributed by atoms with van der Waals surface area (Å²) in [5, 5.41) is 11.1. The number of nitro groups is 1. The van der Waals surface area contributed by atoms with Crippen molar-refractivity contribution in [1.29, 1.82) is 0 Å². The molecule has 166 valence electrons. The first kappa shape index (κ1) is 22.7. The summed E-state index contributed by atoms with van der Waals surface area (Å²) in [6, 6.07) is 12.9. The molecule has 0 bridgehead atoms. The van der Waals surface area contributed by atoms with Gasteiger partial charge in [0.15, 0.2) is 0 Å². The third kappa shape index (κ3) is 4.85. The molecule has 0 spiro atoms. The Hall–Kier alpha value is -3.94. The highest BCUT2D eigenvalue weighted by molar-refractivity contribution is 5.99. The Kier molecular flexibility index (Phi) is 7.04. The lowest BCUT2D eigenvalue weighted by atomic mass is 9.91. The van der Waals surface area contributed by atoms with E-state index < -0.39 is 22.9 Å². The summed E-state index contributed by atoms with van der Waals surface area (Å²) in [5.41, 5.74) is 2.79. The van der Waals surface area contributed by atoms with Gasteiger partial charge in [-0.1, -0.05) is 17.7 Å². The van der Waals surface area contributed by atoms with E-state index in [1.165, 1.54) is 18.2 Å². The highest BCUT2D eigenvalue weighted by Gasteiger charge is 2.34. The van der Waals surface area contributed by atoms with Crippen LogP contribution in [0.25, 0.3) is 0 Å². The fourth-order valence-electron chi connectivity index (χ4n) is 3.43. The molecule has 0 aliphatic carbocycles. The van der Waals surface area contributed by atoms with Crippen molar-refractivity contribution in [1.82, 2.24) is 0 Å². The molecule has 32 heavy (non-hydrogen) atoms. The molecule has 8 nitrogen and oxygen atoms in total. The Bertz CT molecular complexity index is 1070. The Morgan fingerprint density at radius 2 is 1.56 bits per heavy atom. The van der Waals surface area contributed by atoms with Crippen LogP contribution in [0.1, 0.15) is 31.0 Å². The van der Waals surface area contributed by atoms with Crippen molar-refractivity contribution in [3.63, 3.8) is 0 Å². The normalized spacial score (nSPS) is 15.5. The van der Waals surface area contributed by atoms with Gasteiger partial charge >= 0.3 is 11.9 Å². The molecule has 8 heteroatoms. The molecule has 0 N–H and O–H groups in total. The molecule has 2 aromatic rings. The van der Waals surface area contributed by atoms with Gasteiger partial charge in [0.05, 0.1) is 35.3 Å². The lowest BCUT2D eigenvalue weighted by Gasteiger charge is -2.35. The number of non-ortho nitro benzene ring substituents is 1. The van der Waals surface area contributed by atoms with E-state index in [9.17, 15) is 19.7 Å². The molecular weight excluding hydrogens is 412 g/mol. The second-order valence-electron chi connectivity index (χ2n) is 7.12. The Labute approximate surface area is 185 Å². The molecule has 0 saturated heterocycles. The number of carbonyl (C=O) groups excluding carboxylic acids is 2. The maximum atomic E-state index is 12.9. The van der Waals surface area contributed by atoms with E-state index in [4.69, 9.17) is 9.47 Å². The standard InChI is InChI=1S/C24H24N2O6/c1-4-31-23(27)18-14-21(24(28)32-5-2)22(17-8-12-20(13-9-17)26(29)30)25(15-18)19-10-6-16(3)7-11-19/h6-15,22H,4-5H2,1-3H3. The van der Waals surface area contributed by atoms with E-state index in [1.807, 2.05) is 31.2 Å². The molecule has 0 aromatic heterocycles. The van der Waals surface area contributed by atoms with Crippen LogP contribution in [0.3, 0.4) is 0 Å². The number of carbonyl (C=O) groups is 2. The summed E-state index contributed by atoms with van der Waals surface area (Å²) < 4.78 is 10.4. The van der Waals surface area contributed by atoms with Crippen LogP contribution >= 0.6 is 0 Å². The largest absolute Gasteiger partial charge is 0.463 e. The van der Waals surface area contributed by atoms with E-state index in [0.29, 0.717) is 5.56 Å². The number of nitro benzene ring substituents is 1. The topological polar surface area (TPSA) is 99.0 Å². The minimum absolute atomic E-state index is 0.0594. The SMILES string of the molecule is CCOC(=O)C1=CN(c2ccc(C)cc2)C(c2ccc([N+](=O)[O-])cc2)C(C(=O)OCC)=C1. The van der Waals surface area contributed by atoms with Crippen LogP contribution < -0.4 is 4.90 Å². The first-order valence-electron chi connectivity index (χ1n) is 10.2. The number of benzene rings is 2. The average Bonchev–Trinajstić information content (AvgIpc) is 2.79. The lowest BCUT2D eigenvalue weighted by Crippen LogP contribution is -2.33. The average molecular weight is 436 g/mol. The molecule has 2 aromatic carbocycles. The smallest absolute Gasteiger partial charge is 0.339 e. The van der Waals surface area contributed by atoms with Gasteiger partial charge in [0.1, 0.15) is 0 Å². The van der Waals surface area contributed by atoms with Gasteiger partial charge in [0.25, 0.3) is 5.69 Å². The van der Waals surface area contributed by atoms with E-state index in [-0.39, 0.29) is 30.0 Å². The number of nitrogens with zero attached hydrogens (tertiary/aromatic N) is 2. The molecule has 0 radical (unpaired) electrons. The zero-order valence-corrected chi connectivity index (χ0v) is 18.1. The lowest BCUT2D eigenvalue weighted by molar-refractivity contribution is -0.384. The predicted molar refractivity (Wildman–Crippen MR) is 119 cm³/mol. The summed E-state index contributed by atoms with van der Waals surface area (Å²) >= 11 is 0. The van der Waals surface area contributed by atoms with Crippen molar-refractivity contribution in [3.05, 3.63) is 93.2 Å². The third-order valence-electron chi connectivity index (χ3n) is 4.94. The number of hydrogen-bond donors (Lipinski definition) is 0. The van der Waals surface area contributed by atoms with Crippen LogP contribution in [0.2, 0.25) is 0 Å². The number of esters is 2. The summed E-state index contributed by atoms with van der Waals surface area (Å²) in [4.78, 5) is 37.8. The molecule has 1 heterocycles. The fraction of sp³-hybridized carbons (Fsp3) is 0.250. The molecular formula is C24H24N2O6. The summed E-state index contributed by atoms with van der Waals surface area (Å²) in [6.45, 7) is 5.70. The van der Waals surface area contributed by atoms with Crippen molar-refractivity contribution in [3.8, 4) is 0 Å². The molecule has 1 atom stereocenters. The first-order valence-corrected chi connectivity index (χ1v) is 10.2. The number of anilines is 1. The van der Waals surface area contributed by atoms with Gasteiger partial charge in [-0.05, 0) is 56.7 Å². The molecule has 0 saturated carbocycles. The molecule has 3 rings (SSSR count). The number of rotatable bonds is 7. The van der Waals surface area contributed by atoms with Crippen molar-refractivity contribution in [2.75, 3.05) is 18.1 Å². The van der Waals surface area contributed by atoms with Crippen LogP contribution in [0.5, 0.6) is 0 Å². The summed E-state index contributed by atoms with van der Waals surface area (Å²) in [6.07, 6.45) is 3.09. The van der Waals surface area contributed by atoms with Crippen molar-refractivity contribution in [2.24, 2.45) is 0 Å². The van der Waals surface area contributed by atoms with Gasteiger partial charge in [-0.2, -0.15) is 0 Å². The molecule has 0 amide bonds. The van der Waals surface area contributed by atoms with Crippen LogP contribution in [-0.2, 0) is 19.1 Å². The van der Waals surface area contributed by atoms with Gasteiger partial charge in [-0.15, -0.1) is 0 Å². The Morgan fingerprint density at radius 3 is 2.12 bits per heavy atom. The van der Waals surface area contributed by atoms with E-state index >= 15 is 0 Å². The monoisotopic (exact) mass is 436 g/mol. The molecule has 1 unspecified atom stereocenters. The van der Waals surface area contributed by atoms with Gasteiger partial charge in [-0.3, -0.25) is 10.1 Å². The van der Waals surface area contributed by atoms with Crippen LogP contribution in [-0.4, -0.2) is 30.1 Å². The maximum Gasteiger partial charge on any atom is 0.339 e. The minimum Gasteiger partial charge on any atom is -0.463 e. The van der Waals surface area contributed by atoms with Crippen molar-refractivity contribution in [2.45, 2.75) is 26.8 Å². The maximum absolute atomic E-state index is 12.9. The van der Waals surface area contributed by atoms with Crippen molar-refractivity contribution >= 4 is 23.3 Å². The zero-order chi connectivity index (χ0) is 23.3. The summed E-state index contributed by atoms with van der Waals surface area (Å²) in [7, 11) is 0. The molecule has 1 aliphatic rings. The second kappa shape index (κ2) is 9.91. The number of aryl methyl sites for hydroxylation is 1. The fourth-order valence-corrected chi connectivity index (χ4v) is 3.43. The molecule has 0 fully saturated rings. The number of ether oxygens (including phenoxy) is 2. The van der Waals surface area contributed by atoms with Crippen LogP contribution in [0, 0.1) is 17.0 Å². The minimum atomic E-state index is -0.657. The van der Waals surface area contributed by atoms with Crippen molar-refractivity contribution < 1.29 is 24.0 Å². The van der Waals surface area contributed by atoms with E-state index in [0.717, 1.165) is 11.3 Å². The highest BCUT2D eigenvalue weighted by Crippen LogP contribution is 2.39. The third-order valence-corrected chi connectivity index (χ3v) is 4.94. The summed E-state index contributed by atoms with van der Waals surface area (Å²) in [5.74, 6) is -1.14. The van der Waals surface area contributed by atoms with E-state index in [2.05, 4.69) is 0 Å². The van der Waals surface area contributed by atoms with E-state index in [1.54, 1.807) is 37.1 Å². The predicted octanol–water partition coefficient (Wildman–Crippen LogP) is 4.40. The van der Waals surface area contributed by atoms with Gasteiger partial charge in [-0.25, -0.2) is 9.59 Å². The van der Waals surface area contributed by atoms with Gasteiger partial charge in [0, 0.05) is 24.0 Å². The Balaban J connectivity index is 2.17. The highest BCUT2D eigenvalue weighted by atomic mass is 16.6. The Morgan fingerprint density at radius 1 is 0.969 bits per heavy atom. The van der Waals surface area contributed by atoms with Crippen LogP contribution in [0.15, 0.2) is 72.0 Å². The zero-order valence-electron chi connectivity index (χ0n) is 18.1. The first-order chi connectivity index (χ1) is 15.3. The second-order valence-corrected chi connectivity index (χ2v) is 7.12.